The van der Waals surface area contributed by atoms with Gasteiger partial charge in [-0.2, -0.15) is 0 Å². The van der Waals surface area contributed by atoms with Crippen LogP contribution in [0.3, 0.4) is 0 Å². The molecule has 2 amide bonds. The Morgan fingerprint density at radius 3 is 2.79 bits per heavy atom. The number of esters is 1. The minimum absolute atomic E-state index is 0.288. The highest BCUT2D eigenvalue weighted by Gasteiger charge is 2.09. The molecule has 2 N–H and O–H groups in total. The quantitative estimate of drug-likeness (QED) is 0.476. The Balaban J connectivity index is 1.80. The number of anilines is 1. The fraction of sp³-hybridized carbons (Fsp3) is 0.312. The van der Waals surface area contributed by atoms with Gasteiger partial charge in [0.25, 0.3) is 0 Å². The first-order valence-electron chi connectivity index (χ1n) is 7.35. The maximum atomic E-state index is 11.9. The van der Waals surface area contributed by atoms with Gasteiger partial charge in [-0.05, 0) is 30.7 Å². The van der Waals surface area contributed by atoms with E-state index in [0.29, 0.717) is 17.8 Å². The number of aryl methyl sites for hydroxylation is 2. The van der Waals surface area contributed by atoms with E-state index in [4.69, 9.17) is 0 Å². The minimum atomic E-state index is -0.402. The summed E-state index contributed by atoms with van der Waals surface area (Å²) in [5.74, 6) is 0.318. The Kier molecular flexibility index (Phi) is 6.25. The van der Waals surface area contributed by atoms with Crippen molar-refractivity contribution in [1.82, 2.24) is 14.9 Å². The average Bonchev–Trinajstić information content (AvgIpc) is 2.98. The van der Waals surface area contributed by atoms with E-state index in [2.05, 4.69) is 20.4 Å². The number of carbonyl (C=O) groups excluding carboxylic acids is 2. The number of nitrogens with zero attached hydrogens (tertiary/aromatic N) is 2. The predicted octanol–water partition coefficient (Wildman–Crippen LogP) is 2.43. The molecule has 1 heterocycles. The van der Waals surface area contributed by atoms with Crippen molar-refractivity contribution in [3.63, 3.8) is 0 Å². The van der Waals surface area contributed by atoms with Crippen LogP contribution in [0, 0.1) is 6.92 Å². The SMILES string of the molecule is COC(=O)c1ccc(NC(=O)NCCSc2nccn2C)c(C)c1. The molecule has 0 bridgehead atoms. The summed E-state index contributed by atoms with van der Waals surface area (Å²) < 4.78 is 6.60. The van der Waals surface area contributed by atoms with Crippen LogP contribution in [-0.2, 0) is 11.8 Å². The summed E-state index contributed by atoms with van der Waals surface area (Å²) in [6.07, 6.45) is 3.62. The molecule has 1 aromatic carbocycles. The smallest absolute Gasteiger partial charge is 0.337 e. The van der Waals surface area contributed by atoms with Crippen LogP contribution >= 0.6 is 11.8 Å². The Labute approximate surface area is 144 Å². The van der Waals surface area contributed by atoms with Crippen molar-refractivity contribution in [3.05, 3.63) is 41.7 Å². The van der Waals surface area contributed by atoms with E-state index in [1.807, 2.05) is 24.7 Å². The molecule has 0 spiro atoms. The van der Waals surface area contributed by atoms with E-state index in [1.165, 1.54) is 7.11 Å². The normalized spacial score (nSPS) is 10.3. The summed E-state index contributed by atoms with van der Waals surface area (Å²) >= 11 is 1.57. The topological polar surface area (TPSA) is 85.2 Å². The van der Waals surface area contributed by atoms with Gasteiger partial charge in [0.15, 0.2) is 5.16 Å². The first-order chi connectivity index (χ1) is 11.5. The van der Waals surface area contributed by atoms with E-state index >= 15 is 0 Å². The van der Waals surface area contributed by atoms with Gasteiger partial charge in [0.1, 0.15) is 0 Å². The molecule has 0 atom stereocenters. The van der Waals surface area contributed by atoms with Crippen molar-refractivity contribution in [2.75, 3.05) is 24.7 Å². The highest BCUT2D eigenvalue weighted by molar-refractivity contribution is 7.99. The van der Waals surface area contributed by atoms with Gasteiger partial charge in [0.2, 0.25) is 0 Å². The van der Waals surface area contributed by atoms with E-state index in [1.54, 1.807) is 36.2 Å². The molecule has 0 aliphatic heterocycles. The van der Waals surface area contributed by atoms with Gasteiger partial charge in [-0.1, -0.05) is 11.8 Å². The van der Waals surface area contributed by atoms with Gasteiger partial charge in [-0.3, -0.25) is 0 Å². The van der Waals surface area contributed by atoms with Crippen molar-refractivity contribution >= 4 is 29.4 Å². The number of carbonyl (C=O) groups is 2. The molecule has 0 fully saturated rings. The number of ether oxygens (including phenoxy) is 1. The number of nitrogens with one attached hydrogen (secondary N) is 2. The molecule has 2 rings (SSSR count). The van der Waals surface area contributed by atoms with Gasteiger partial charge in [-0.25, -0.2) is 14.6 Å². The number of thioether (sulfide) groups is 1. The minimum Gasteiger partial charge on any atom is -0.465 e. The summed E-state index contributed by atoms with van der Waals surface area (Å²) in [4.78, 5) is 27.6. The van der Waals surface area contributed by atoms with Crippen molar-refractivity contribution in [1.29, 1.82) is 0 Å². The number of hydrogen-bond acceptors (Lipinski definition) is 5. The number of aromatic nitrogens is 2. The van der Waals surface area contributed by atoms with Gasteiger partial charge in [-0.15, -0.1) is 0 Å². The molecule has 0 aliphatic rings. The fourth-order valence-corrected chi connectivity index (χ4v) is 2.80. The second-order valence-corrected chi connectivity index (χ2v) is 6.13. The highest BCUT2D eigenvalue weighted by atomic mass is 32.2. The molecule has 0 saturated carbocycles. The highest BCUT2D eigenvalue weighted by Crippen LogP contribution is 2.17. The number of urea groups is 1. The monoisotopic (exact) mass is 348 g/mol. The zero-order valence-electron chi connectivity index (χ0n) is 13.8. The zero-order chi connectivity index (χ0) is 17.5. The lowest BCUT2D eigenvalue weighted by Crippen LogP contribution is -2.30. The standard InChI is InChI=1S/C16H20N4O3S/c1-11-10-12(14(21)23-3)4-5-13(11)19-15(22)17-7-9-24-16-18-6-8-20(16)2/h4-6,8,10H,7,9H2,1-3H3,(H2,17,19,22). The van der Waals surface area contributed by atoms with Gasteiger partial charge >= 0.3 is 12.0 Å². The largest absolute Gasteiger partial charge is 0.465 e. The Bertz CT molecular complexity index is 730. The predicted molar refractivity (Wildman–Crippen MR) is 93.5 cm³/mol. The van der Waals surface area contributed by atoms with Crippen molar-refractivity contribution in [2.45, 2.75) is 12.1 Å². The molecule has 0 unspecified atom stereocenters. The van der Waals surface area contributed by atoms with E-state index in [-0.39, 0.29) is 6.03 Å². The maximum absolute atomic E-state index is 11.9. The zero-order valence-corrected chi connectivity index (χ0v) is 14.6. The molecule has 0 saturated heterocycles. The van der Waals surface area contributed by atoms with Crippen LogP contribution in [0.4, 0.5) is 10.5 Å². The third-order valence-corrected chi connectivity index (χ3v) is 4.35. The lowest BCUT2D eigenvalue weighted by Gasteiger charge is -2.11. The van der Waals surface area contributed by atoms with E-state index < -0.39 is 5.97 Å². The summed E-state index contributed by atoms with van der Waals surface area (Å²) in [5, 5.41) is 6.47. The number of rotatable bonds is 6. The summed E-state index contributed by atoms with van der Waals surface area (Å²) in [5.41, 5.74) is 1.89. The molecule has 0 aliphatic carbocycles. The molecule has 8 heteroatoms. The van der Waals surface area contributed by atoms with Crippen molar-refractivity contribution in [2.24, 2.45) is 7.05 Å². The number of methoxy groups -OCH3 is 1. The summed E-state index contributed by atoms with van der Waals surface area (Å²) in [6, 6.07) is 4.69. The molecular formula is C16H20N4O3S. The van der Waals surface area contributed by atoms with Gasteiger partial charge < -0.3 is 19.9 Å². The number of amides is 2. The van der Waals surface area contributed by atoms with Crippen LogP contribution in [0.15, 0.2) is 35.7 Å². The molecule has 24 heavy (non-hydrogen) atoms. The lowest BCUT2D eigenvalue weighted by atomic mass is 10.1. The van der Waals surface area contributed by atoms with Gasteiger partial charge in [0, 0.05) is 37.4 Å². The Morgan fingerprint density at radius 2 is 2.17 bits per heavy atom. The molecule has 7 nitrogen and oxygen atoms in total. The van der Waals surface area contributed by atoms with Crippen LogP contribution in [0.2, 0.25) is 0 Å². The number of imidazole rings is 1. The third-order valence-electron chi connectivity index (χ3n) is 3.29. The second-order valence-electron chi connectivity index (χ2n) is 5.07. The van der Waals surface area contributed by atoms with Crippen LogP contribution in [0.5, 0.6) is 0 Å². The van der Waals surface area contributed by atoms with E-state index in [9.17, 15) is 9.59 Å². The van der Waals surface area contributed by atoms with Crippen LogP contribution in [-0.4, -0.2) is 41.0 Å². The Hall–Kier alpha value is -2.48. The Morgan fingerprint density at radius 1 is 1.38 bits per heavy atom. The van der Waals surface area contributed by atoms with Crippen molar-refractivity contribution < 1.29 is 14.3 Å². The maximum Gasteiger partial charge on any atom is 0.337 e. The molecule has 128 valence electrons. The molecule has 0 radical (unpaired) electrons. The second kappa shape index (κ2) is 8.39. The molecule has 2 aromatic rings. The average molecular weight is 348 g/mol. The number of hydrogen-bond donors (Lipinski definition) is 2. The third kappa shape index (κ3) is 4.76. The molecule has 1 aromatic heterocycles. The lowest BCUT2D eigenvalue weighted by molar-refractivity contribution is 0.0600. The van der Waals surface area contributed by atoms with Crippen molar-refractivity contribution in [3.8, 4) is 0 Å². The molecular weight excluding hydrogens is 328 g/mol. The van der Waals surface area contributed by atoms with Gasteiger partial charge in [0.05, 0.1) is 12.7 Å². The van der Waals surface area contributed by atoms with Crippen LogP contribution in [0.1, 0.15) is 15.9 Å². The first kappa shape index (κ1) is 17.9. The summed E-state index contributed by atoms with van der Waals surface area (Å²) in [7, 11) is 3.26. The van der Waals surface area contributed by atoms with Crippen LogP contribution < -0.4 is 10.6 Å². The summed E-state index contributed by atoms with van der Waals surface area (Å²) in [6.45, 7) is 2.33. The first-order valence-corrected chi connectivity index (χ1v) is 8.33. The number of benzene rings is 1. The van der Waals surface area contributed by atoms with Crippen LogP contribution in [0.25, 0.3) is 0 Å². The fourth-order valence-electron chi connectivity index (χ4n) is 2.01. The van der Waals surface area contributed by atoms with E-state index in [0.717, 1.165) is 16.5 Å².